The van der Waals surface area contributed by atoms with E-state index in [4.69, 9.17) is 10.1 Å². The van der Waals surface area contributed by atoms with Gasteiger partial charge in [-0.3, -0.25) is 4.57 Å². The van der Waals surface area contributed by atoms with Crippen molar-refractivity contribution in [2.24, 2.45) is 0 Å². The fourth-order valence-corrected chi connectivity index (χ4v) is 6.52. The van der Waals surface area contributed by atoms with E-state index in [9.17, 15) is 0 Å². The Labute approximate surface area is 210 Å². The first-order valence-corrected chi connectivity index (χ1v) is 12.9. The van der Waals surface area contributed by atoms with Crippen LogP contribution in [-0.2, 0) is 0 Å². The van der Waals surface area contributed by atoms with Gasteiger partial charge in [0.25, 0.3) is 0 Å². The second kappa shape index (κ2) is 7.26. The lowest BCUT2D eigenvalue weighted by Gasteiger charge is -2.10. The fraction of sp³-hybridized carbons (Fsp3) is 0.0323. The highest BCUT2D eigenvalue weighted by Crippen LogP contribution is 2.38. The van der Waals surface area contributed by atoms with Gasteiger partial charge in [-0.15, -0.1) is 11.3 Å². The minimum absolute atomic E-state index is 0.904. The maximum atomic E-state index is 5.21. The number of rotatable bonds is 2. The van der Waals surface area contributed by atoms with E-state index in [2.05, 4.69) is 112 Å². The number of hydrogen-bond acceptors (Lipinski definition) is 3. The third-order valence-electron chi connectivity index (χ3n) is 7.22. The molecule has 5 aromatic heterocycles. The highest BCUT2D eigenvalue weighted by atomic mass is 32.1. The van der Waals surface area contributed by atoms with Gasteiger partial charge in [-0.25, -0.2) is 9.50 Å². The van der Waals surface area contributed by atoms with Crippen molar-refractivity contribution in [3.05, 3.63) is 107 Å². The summed E-state index contributed by atoms with van der Waals surface area (Å²) in [5, 5.41) is 13.3. The van der Waals surface area contributed by atoms with Crippen molar-refractivity contribution in [1.82, 2.24) is 19.2 Å². The number of benzene rings is 3. The lowest BCUT2D eigenvalue weighted by Crippen LogP contribution is -1.98. The Hall–Kier alpha value is -4.48. The van der Waals surface area contributed by atoms with Gasteiger partial charge >= 0.3 is 0 Å². The van der Waals surface area contributed by atoms with Crippen molar-refractivity contribution in [2.45, 2.75) is 6.92 Å². The summed E-state index contributed by atoms with van der Waals surface area (Å²) < 4.78 is 4.35. The molecule has 36 heavy (non-hydrogen) atoms. The molecule has 0 atom stereocenters. The highest BCUT2D eigenvalue weighted by Gasteiger charge is 2.18. The molecule has 0 amide bonds. The first-order valence-electron chi connectivity index (χ1n) is 12.0. The third-order valence-corrected chi connectivity index (χ3v) is 8.12. The molecule has 0 unspecified atom stereocenters. The molecule has 0 spiro atoms. The summed E-state index contributed by atoms with van der Waals surface area (Å²) in [6.45, 7) is 2.19. The number of hydrogen-bond donors (Lipinski definition) is 0. The first kappa shape index (κ1) is 19.8. The predicted molar refractivity (Wildman–Crippen MR) is 150 cm³/mol. The smallest absolute Gasteiger partial charge is 0.138 e. The number of para-hydroxylation sites is 2. The summed E-state index contributed by atoms with van der Waals surface area (Å²) in [5.74, 6) is 0.904. The quantitative estimate of drug-likeness (QED) is 0.250. The van der Waals surface area contributed by atoms with Gasteiger partial charge in [0.15, 0.2) is 0 Å². The monoisotopic (exact) mass is 480 g/mol. The molecule has 0 N–H and O–H groups in total. The van der Waals surface area contributed by atoms with Crippen LogP contribution in [-0.4, -0.2) is 19.2 Å². The Morgan fingerprint density at radius 3 is 2.08 bits per heavy atom. The van der Waals surface area contributed by atoms with E-state index in [-0.39, 0.29) is 0 Å². The molecule has 0 aliphatic carbocycles. The SMILES string of the molecule is Cc1scc2c1c1ccccc1c1c(-c3cccc(-n4c5ccccc5c5ccccc54)n3)cnn21. The maximum Gasteiger partial charge on any atom is 0.138 e. The lowest BCUT2D eigenvalue weighted by atomic mass is 10.0. The van der Waals surface area contributed by atoms with E-state index in [0.29, 0.717) is 0 Å². The Morgan fingerprint density at radius 2 is 1.33 bits per heavy atom. The molecule has 170 valence electrons. The number of pyridine rings is 2. The van der Waals surface area contributed by atoms with Crippen molar-refractivity contribution in [1.29, 1.82) is 0 Å². The second-order valence-corrected chi connectivity index (χ2v) is 10.3. The summed E-state index contributed by atoms with van der Waals surface area (Å²) in [7, 11) is 0. The molecular formula is C31H20N4S. The van der Waals surface area contributed by atoms with Crippen LogP contribution >= 0.6 is 11.3 Å². The van der Waals surface area contributed by atoms with E-state index in [0.717, 1.165) is 39.1 Å². The zero-order valence-corrected chi connectivity index (χ0v) is 20.3. The van der Waals surface area contributed by atoms with Crippen LogP contribution in [0, 0.1) is 6.92 Å². The van der Waals surface area contributed by atoms with Gasteiger partial charge in [0, 0.05) is 37.4 Å². The Morgan fingerprint density at radius 1 is 0.667 bits per heavy atom. The van der Waals surface area contributed by atoms with E-state index in [1.807, 2.05) is 6.20 Å². The number of aromatic nitrogens is 4. The average Bonchev–Trinajstić information content (AvgIpc) is 3.63. The van der Waals surface area contributed by atoms with Crippen LogP contribution < -0.4 is 0 Å². The van der Waals surface area contributed by atoms with Gasteiger partial charge in [0.2, 0.25) is 0 Å². The van der Waals surface area contributed by atoms with Crippen LogP contribution in [0.4, 0.5) is 0 Å². The number of thiophene rings is 1. The standard InChI is InChI=1S/C31H20N4S/c1-19-30-22-11-2-3-12-23(22)31-24(17-32-35(31)28(30)18-36-19)25-13-8-16-29(33-25)34-26-14-6-4-9-20(26)21-10-5-7-15-27(21)34/h2-18H,1H3. The van der Waals surface area contributed by atoms with Crippen molar-refractivity contribution in [3.63, 3.8) is 0 Å². The summed E-state index contributed by atoms with van der Waals surface area (Å²) in [4.78, 5) is 6.52. The van der Waals surface area contributed by atoms with Gasteiger partial charge < -0.3 is 0 Å². The highest BCUT2D eigenvalue weighted by molar-refractivity contribution is 7.11. The Bertz CT molecular complexity index is 2070. The first-order chi connectivity index (χ1) is 17.8. The molecule has 3 aromatic carbocycles. The lowest BCUT2D eigenvalue weighted by molar-refractivity contribution is 1.01. The summed E-state index contributed by atoms with van der Waals surface area (Å²) >= 11 is 1.78. The van der Waals surface area contributed by atoms with Crippen molar-refractivity contribution in [3.8, 4) is 17.1 Å². The van der Waals surface area contributed by atoms with E-state index in [1.165, 1.54) is 31.8 Å². The maximum absolute atomic E-state index is 5.21. The van der Waals surface area contributed by atoms with Gasteiger partial charge in [0.05, 0.1) is 34.0 Å². The predicted octanol–water partition coefficient (Wildman–Crippen LogP) is 8.17. The minimum atomic E-state index is 0.904. The normalized spacial score (nSPS) is 12.0. The van der Waals surface area contributed by atoms with Gasteiger partial charge in [-0.1, -0.05) is 66.7 Å². The summed E-state index contributed by atoms with van der Waals surface area (Å²) in [6.07, 6.45) is 1.96. The van der Waals surface area contributed by atoms with Crippen molar-refractivity contribution >= 4 is 60.3 Å². The van der Waals surface area contributed by atoms with Gasteiger partial charge in [-0.05, 0) is 36.6 Å². The Balaban J connectivity index is 1.44. The summed E-state index contributed by atoms with van der Waals surface area (Å²) in [5.41, 5.74) is 6.52. The van der Waals surface area contributed by atoms with Crippen LogP contribution in [0.5, 0.6) is 0 Å². The van der Waals surface area contributed by atoms with Crippen LogP contribution in [0.3, 0.4) is 0 Å². The zero-order chi connectivity index (χ0) is 23.8. The van der Waals surface area contributed by atoms with Crippen LogP contribution in [0.2, 0.25) is 0 Å². The molecule has 0 aliphatic rings. The molecule has 5 heteroatoms. The van der Waals surface area contributed by atoms with Crippen LogP contribution in [0.25, 0.3) is 66.1 Å². The molecule has 0 saturated carbocycles. The number of fused-ring (bicyclic) bond motifs is 9. The molecule has 5 heterocycles. The molecule has 0 bridgehead atoms. The average molecular weight is 481 g/mol. The molecule has 8 aromatic rings. The minimum Gasteiger partial charge on any atom is -0.294 e. The molecule has 0 saturated heterocycles. The Kier molecular flexibility index (Phi) is 3.99. The topological polar surface area (TPSA) is 35.1 Å². The van der Waals surface area contributed by atoms with Gasteiger partial charge in [0.1, 0.15) is 5.82 Å². The molecule has 0 aliphatic heterocycles. The molecule has 0 radical (unpaired) electrons. The fourth-order valence-electron chi connectivity index (χ4n) is 5.68. The van der Waals surface area contributed by atoms with Crippen molar-refractivity contribution < 1.29 is 0 Å². The molecule has 4 nitrogen and oxygen atoms in total. The molecule has 8 rings (SSSR count). The zero-order valence-electron chi connectivity index (χ0n) is 19.5. The van der Waals surface area contributed by atoms with E-state index in [1.54, 1.807) is 11.3 Å². The molecule has 0 fully saturated rings. The van der Waals surface area contributed by atoms with Gasteiger partial charge in [-0.2, -0.15) is 5.10 Å². The second-order valence-electron chi connectivity index (χ2n) is 9.17. The number of aryl methyl sites for hydroxylation is 1. The molecular weight excluding hydrogens is 460 g/mol. The van der Waals surface area contributed by atoms with Crippen LogP contribution in [0.15, 0.2) is 103 Å². The van der Waals surface area contributed by atoms with Crippen LogP contribution in [0.1, 0.15) is 4.88 Å². The third kappa shape index (κ3) is 2.58. The van der Waals surface area contributed by atoms with E-state index < -0.39 is 0 Å². The largest absolute Gasteiger partial charge is 0.294 e. The number of nitrogens with zero attached hydrogens (tertiary/aromatic N) is 4. The summed E-state index contributed by atoms with van der Waals surface area (Å²) in [6, 6.07) is 32.0. The van der Waals surface area contributed by atoms with Crippen molar-refractivity contribution in [2.75, 3.05) is 0 Å². The van der Waals surface area contributed by atoms with E-state index >= 15 is 0 Å².